The summed E-state index contributed by atoms with van der Waals surface area (Å²) in [4.78, 5) is 16.3. The number of nitrogens with one attached hydrogen (secondary N) is 2. The van der Waals surface area contributed by atoms with E-state index in [2.05, 4.69) is 37.1 Å². The highest BCUT2D eigenvalue weighted by Gasteiger charge is 2.07. The number of aromatic amines is 1. The quantitative estimate of drug-likeness (QED) is 0.510. The van der Waals surface area contributed by atoms with Gasteiger partial charge < -0.3 is 10.3 Å². The molecule has 0 saturated carbocycles. The monoisotopic (exact) mass is 403 g/mol. The lowest BCUT2D eigenvalue weighted by Crippen LogP contribution is -1.98. The van der Waals surface area contributed by atoms with Crippen molar-refractivity contribution in [3.05, 3.63) is 72.2 Å². The van der Waals surface area contributed by atoms with Crippen LogP contribution in [0.5, 0.6) is 0 Å². The molecule has 4 aromatic rings. The molecule has 7 nitrogen and oxygen atoms in total. The number of hydrogen-bond donors (Lipinski definition) is 2. The summed E-state index contributed by atoms with van der Waals surface area (Å²) in [6.45, 7) is 1.91. The van der Waals surface area contributed by atoms with E-state index in [1.54, 1.807) is 43.0 Å². The second-order valence-corrected chi connectivity index (χ2v) is 8.51. The van der Waals surface area contributed by atoms with E-state index in [0.29, 0.717) is 17.2 Å². The highest BCUT2D eigenvalue weighted by molar-refractivity contribution is 7.90. The third kappa shape index (κ3) is 4.10. The molecule has 144 valence electrons. The van der Waals surface area contributed by atoms with E-state index in [1.807, 2.05) is 19.1 Å². The molecule has 0 aliphatic carbocycles. The molecular weight excluding hydrogens is 386 g/mol. The zero-order valence-corrected chi connectivity index (χ0v) is 16.6. The third-order valence-corrected chi connectivity index (χ3v) is 5.46. The highest BCUT2D eigenvalue weighted by Crippen LogP contribution is 2.22. The van der Waals surface area contributed by atoms with E-state index in [1.165, 1.54) is 6.26 Å². The fraction of sp³-hybridized carbons (Fsp3) is 0.0952. The van der Waals surface area contributed by atoms with Crippen molar-refractivity contribution in [3.8, 4) is 11.8 Å². The van der Waals surface area contributed by atoms with Gasteiger partial charge in [-0.05, 0) is 55.2 Å². The Labute approximate surface area is 168 Å². The van der Waals surface area contributed by atoms with Gasteiger partial charge in [0.1, 0.15) is 17.2 Å². The Balaban J connectivity index is 1.67. The van der Waals surface area contributed by atoms with Gasteiger partial charge in [0.15, 0.2) is 9.84 Å². The van der Waals surface area contributed by atoms with Crippen LogP contribution in [-0.4, -0.2) is 34.6 Å². The number of benzene rings is 1. The molecular formula is C21H17N5O2S. The van der Waals surface area contributed by atoms with Crippen LogP contribution >= 0.6 is 0 Å². The SMILES string of the molecule is Cc1[nH]cnc1C#Cc1nccc2cnc(Nc3ccc(S(C)(=O)=O)cc3)cc12. The Morgan fingerprint density at radius 2 is 1.76 bits per heavy atom. The number of sulfone groups is 1. The highest BCUT2D eigenvalue weighted by atomic mass is 32.2. The van der Waals surface area contributed by atoms with Crippen LogP contribution in [0.25, 0.3) is 10.8 Å². The van der Waals surface area contributed by atoms with Gasteiger partial charge in [-0.2, -0.15) is 0 Å². The number of fused-ring (bicyclic) bond motifs is 1. The fourth-order valence-electron chi connectivity index (χ4n) is 2.77. The zero-order valence-electron chi connectivity index (χ0n) is 15.8. The average molecular weight is 403 g/mol. The minimum absolute atomic E-state index is 0.268. The first-order valence-corrected chi connectivity index (χ1v) is 10.6. The third-order valence-electron chi connectivity index (χ3n) is 4.33. The molecule has 29 heavy (non-hydrogen) atoms. The number of aromatic nitrogens is 4. The molecule has 1 aromatic carbocycles. The van der Waals surface area contributed by atoms with E-state index in [4.69, 9.17) is 0 Å². The van der Waals surface area contributed by atoms with Crippen LogP contribution in [-0.2, 0) is 9.84 Å². The lowest BCUT2D eigenvalue weighted by Gasteiger charge is -2.08. The van der Waals surface area contributed by atoms with Crippen molar-refractivity contribution in [3.63, 3.8) is 0 Å². The summed E-state index contributed by atoms with van der Waals surface area (Å²) in [6.07, 6.45) is 6.23. The molecule has 0 aliphatic heterocycles. The molecule has 0 atom stereocenters. The van der Waals surface area contributed by atoms with Gasteiger partial charge >= 0.3 is 0 Å². The number of nitrogens with zero attached hydrogens (tertiary/aromatic N) is 3. The minimum Gasteiger partial charge on any atom is -0.348 e. The molecule has 0 radical (unpaired) electrons. The molecule has 8 heteroatoms. The maximum Gasteiger partial charge on any atom is 0.175 e. The molecule has 0 fully saturated rings. The van der Waals surface area contributed by atoms with Crippen LogP contribution in [0.1, 0.15) is 17.1 Å². The first-order chi connectivity index (χ1) is 13.9. The van der Waals surface area contributed by atoms with Gasteiger partial charge in [-0.1, -0.05) is 0 Å². The van der Waals surface area contributed by atoms with Crippen molar-refractivity contribution in [2.75, 3.05) is 11.6 Å². The molecule has 0 spiro atoms. The number of anilines is 2. The van der Waals surface area contributed by atoms with Gasteiger partial charge in [-0.3, -0.25) is 0 Å². The van der Waals surface area contributed by atoms with Crippen molar-refractivity contribution in [1.82, 2.24) is 19.9 Å². The Kier molecular flexibility index (Phi) is 4.74. The maximum atomic E-state index is 11.6. The van der Waals surface area contributed by atoms with Crippen molar-refractivity contribution in [1.29, 1.82) is 0 Å². The van der Waals surface area contributed by atoms with Gasteiger partial charge in [0.05, 0.1) is 11.2 Å². The smallest absolute Gasteiger partial charge is 0.175 e. The first kappa shape index (κ1) is 18.7. The zero-order chi connectivity index (χ0) is 20.4. The summed E-state index contributed by atoms with van der Waals surface area (Å²) in [5.41, 5.74) is 2.94. The van der Waals surface area contributed by atoms with Gasteiger partial charge in [0.2, 0.25) is 0 Å². The second-order valence-electron chi connectivity index (χ2n) is 6.50. The molecule has 0 unspecified atom stereocenters. The summed E-state index contributed by atoms with van der Waals surface area (Å²) in [5, 5.41) is 4.96. The second kappa shape index (κ2) is 7.37. The fourth-order valence-corrected chi connectivity index (χ4v) is 3.40. The van der Waals surface area contributed by atoms with Crippen LogP contribution in [0, 0.1) is 18.8 Å². The molecule has 3 heterocycles. The van der Waals surface area contributed by atoms with Crippen LogP contribution in [0.3, 0.4) is 0 Å². The summed E-state index contributed by atoms with van der Waals surface area (Å²) < 4.78 is 23.2. The van der Waals surface area contributed by atoms with E-state index in [9.17, 15) is 8.42 Å². The van der Waals surface area contributed by atoms with Crippen molar-refractivity contribution in [2.45, 2.75) is 11.8 Å². The number of aryl methyl sites for hydroxylation is 1. The number of hydrogen-bond acceptors (Lipinski definition) is 6. The van der Waals surface area contributed by atoms with Crippen molar-refractivity contribution in [2.24, 2.45) is 0 Å². The van der Waals surface area contributed by atoms with Gasteiger partial charge in [-0.25, -0.2) is 23.4 Å². The van der Waals surface area contributed by atoms with Crippen LogP contribution < -0.4 is 5.32 Å². The Morgan fingerprint density at radius 1 is 1.00 bits per heavy atom. The minimum atomic E-state index is -3.23. The van der Waals surface area contributed by atoms with Crippen LogP contribution in [0.2, 0.25) is 0 Å². The standard InChI is InChI=1S/C21H17N5O2S/c1-14-19(25-13-24-14)7-8-20-18-11-21(23-12-15(18)9-10-22-20)26-16-3-5-17(6-4-16)29(2,27)28/h3-6,9-13H,1-2H3,(H,23,26)(H,24,25). The number of rotatable bonds is 3. The summed E-state index contributed by atoms with van der Waals surface area (Å²) in [6, 6.07) is 10.3. The molecule has 3 aromatic heterocycles. The molecule has 0 bridgehead atoms. The normalized spacial score (nSPS) is 11.1. The topological polar surface area (TPSA) is 101 Å². The lowest BCUT2D eigenvalue weighted by atomic mass is 10.1. The van der Waals surface area contributed by atoms with E-state index >= 15 is 0 Å². The maximum absolute atomic E-state index is 11.6. The molecule has 0 saturated heterocycles. The first-order valence-electron chi connectivity index (χ1n) is 8.74. The number of H-pyrrole nitrogens is 1. The van der Waals surface area contributed by atoms with Gasteiger partial charge in [-0.15, -0.1) is 0 Å². The number of pyridine rings is 2. The van der Waals surface area contributed by atoms with E-state index in [-0.39, 0.29) is 4.90 Å². The molecule has 0 amide bonds. The van der Waals surface area contributed by atoms with Crippen LogP contribution in [0.4, 0.5) is 11.5 Å². The lowest BCUT2D eigenvalue weighted by molar-refractivity contribution is 0.602. The van der Waals surface area contributed by atoms with Gasteiger partial charge in [0.25, 0.3) is 0 Å². The molecule has 4 rings (SSSR count). The predicted octanol–water partition coefficient (Wildman–Crippen LogP) is 3.21. The Hall–Kier alpha value is -3.70. The molecule has 2 N–H and O–H groups in total. The Morgan fingerprint density at radius 3 is 2.45 bits per heavy atom. The largest absolute Gasteiger partial charge is 0.348 e. The van der Waals surface area contributed by atoms with Crippen molar-refractivity contribution >= 4 is 32.1 Å². The Bertz CT molecular complexity index is 1360. The van der Waals surface area contributed by atoms with Crippen LogP contribution in [0.15, 0.2) is 60.0 Å². The number of imidazole rings is 1. The summed E-state index contributed by atoms with van der Waals surface area (Å²) in [5.74, 6) is 6.73. The predicted molar refractivity (Wildman–Crippen MR) is 112 cm³/mol. The van der Waals surface area contributed by atoms with Gasteiger partial charge in [0, 0.05) is 40.8 Å². The van der Waals surface area contributed by atoms with Crippen molar-refractivity contribution < 1.29 is 8.42 Å². The average Bonchev–Trinajstić information content (AvgIpc) is 3.11. The molecule has 0 aliphatic rings. The summed E-state index contributed by atoms with van der Waals surface area (Å²) >= 11 is 0. The summed E-state index contributed by atoms with van der Waals surface area (Å²) in [7, 11) is -3.23. The van der Waals surface area contributed by atoms with E-state index in [0.717, 1.165) is 22.2 Å². The van der Waals surface area contributed by atoms with E-state index < -0.39 is 9.84 Å².